The average Bonchev–Trinajstić information content (AvgIpc) is 3.30. The zero-order chi connectivity index (χ0) is 17.7. The molecule has 1 aromatic carbocycles. The smallest absolute Gasteiger partial charge is 0.317 e. The molecule has 2 aromatic rings. The van der Waals surface area contributed by atoms with Gasteiger partial charge in [0.2, 0.25) is 0 Å². The molecule has 0 radical (unpaired) electrons. The zero-order valence-corrected chi connectivity index (χ0v) is 13.8. The third-order valence-corrected chi connectivity index (χ3v) is 4.61. The maximum Gasteiger partial charge on any atom is 0.317 e. The number of rotatable bonds is 6. The first-order valence-electron chi connectivity index (χ1n) is 8.33. The number of carbonyl (C=O) groups is 2. The maximum absolute atomic E-state index is 14.2. The average molecular weight is 345 g/mol. The highest BCUT2D eigenvalue weighted by Gasteiger charge is 2.45. The summed E-state index contributed by atoms with van der Waals surface area (Å²) >= 11 is 0. The van der Waals surface area contributed by atoms with Gasteiger partial charge in [0.1, 0.15) is 11.6 Å². The summed E-state index contributed by atoms with van der Waals surface area (Å²) in [6.45, 7) is -0.169. The van der Waals surface area contributed by atoms with E-state index in [0.29, 0.717) is 24.2 Å². The first kappa shape index (κ1) is 17.2. The Kier molecular flexibility index (Phi) is 5.16. The second kappa shape index (κ2) is 7.51. The van der Waals surface area contributed by atoms with Crippen molar-refractivity contribution in [3.8, 4) is 0 Å². The van der Waals surface area contributed by atoms with Gasteiger partial charge in [-0.1, -0.05) is 31.0 Å². The van der Waals surface area contributed by atoms with Crippen LogP contribution in [0.3, 0.4) is 0 Å². The second-order valence-electron chi connectivity index (χ2n) is 6.20. The van der Waals surface area contributed by atoms with Crippen molar-refractivity contribution in [2.75, 3.05) is 6.61 Å². The topological polar surface area (TPSA) is 68.5 Å². The number of amides is 1. The minimum atomic E-state index is -0.993. The minimum absolute atomic E-state index is 0.224. The number of nitrogens with one attached hydrogen (secondary N) is 1. The first-order chi connectivity index (χ1) is 12.1. The Morgan fingerprint density at radius 1 is 1.16 bits per heavy atom. The van der Waals surface area contributed by atoms with Crippen LogP contribution in [0.1, 0.15) is 37.0 Å². The Hall–Kier alpha value is -2.63. The molecule has 0 saturated heterocycles. The van der Waals surface area contributed by atoms with Crippen molar-refractivity contribution < 1.29 is 23.1 Å². The molecule has 1 aromatic heterocycles. The molecule has 5 nitrogen and oxygen atoms in total. The number of carbonyl (C=O) groups excluding carboxylic acids is 2. The van der Waals surface area contributed by atoms with Crippen LogP contribution in [0.15, 0.2) is 47.1 Å². The van der Waals surface area contributed by atoms with Crippen LogP contribution in [0, 0.1) is 5.82 Å². The fraction of sp³-hybridized carbons (Fsp3) is 0.368. The number of halogens is 1. The standard InChI is InChI=1S/C19H20FNO4/c20-16-8-2-1-7-15(16)19(9-3-4-10-19)18(23)25-13-17(22)21-12-14-6-5-11-24-14/h1-2,5-8,11H,3-4,9-10,12-13H2,(H,21,22). The molecule has 0 spiro atoms. The third kappa shape index (κ3) is 3.73. The van der Waals surface area contributed by atoms with Gasteiger partial charge in [-0.25, -0.2) is 4.39 Å². The molecule has 6 heteroatoms. The molecule has 0 bridgehead atoms. The molecule has 1 saturated carbocycles. The fourth-order valence-corrected chi connectivity index (χ4v) is 3.33. The van der Waals surface area contributed by atoms with Gasteiger partial charge >= 0.3 is 5.97 Å². The van der Waals surface area contributed by atoms with Crippen LogP contribution in [-0.2, 0) is 26.3 Å². The van der Waals surface area contributed by atoms with E-state index in [1.807, 2.05) is 0 Å². The number of furan rings is 1. The summed E-state index contributed by atoms with van der Waals surface area (Å²) < 4.78 is 24.6. The monoisotopic (exact) mass is 345 g/mol. The van der Waals surface area contributed by atoms with E-state index in [0.717, 1.165) is 12.8 Å². The van der Waals surface area contributed by atoms with Crippen molar-refractivity contribution in [3.63, 3.8) is 0 Å². The zero-order valence-electron chi connectivity index (χ0n) is 13.8. The largest absolute Gasteiger partial charge is 0.467 e. The highest BCUT2D eigenvalue weighted by atomic mass is 19.1. The van der Waals surface area contributed by atoms with Crippen LogP contribution >= 0.6 is 0 Å². The molecule has 0 unspecified atom stereocenters. The molecule has 3 rings (SSSR count). The van der Waals surface area contributed by atoms with Crippen molar-refractivity contribution in [2.45, 2.75) is 37.6 Å². The molecular weight excluding hydrogens is 325 g/mol. The Morgan fingerprint density at radius 2 is 1.92 bits per heavy atom. The lowest BCUT2D eigenvalue weighted by atomic mass is 9.78. The summed E-state index contributed by atoms with van der Waals surface area (Å²) in [6, 6.07) is 9.73. The Labute approximate surface area is 145 Å². The van der Waals surface area contributed by atoms with Crippen LogP contribution in [-0.4, -0.2) is 18.5 Å². The normalized spacial score (nSPS) is 15.7. The van der Waals surface area contributed by atoms with Crippen molar-refractivity contribution >= 4 is 11.9 Å². The van der Waals surface area contributed by atoms with Crippen molar-refractivity contribution in [3.05, 3.63) is 59.8 Å². The van der Waals surface area contributed by atoms with E-state index in [4.69, 9.17) is 9.15 Å². The molecule has 132 valence electrons. The van der Waals surface area contributed by atoms with Gasteiger partial charge in [0.15, 0.2) is 6.61 Å². The summed E-state index contributed by atoms with van der Waals surface area (Å²) in [5.41, 5.74) is -0.638. The number of esters is 1. The highest BCUT2D eigenvalue weighted by molar-refractivity contribution is 5.86. The predicted molar refractivity (Wildman–Crippen MR) is 88.1 cm³/mol. The lowest BCUT2D eigenvalue weighted by Crippen LogP contribution is -2.38. The van der Waals surface area contributed by atoms with Gasteiger partial charge < -0.3 is 14.5 Å². The van der Waals surface area contributed by atoms with E-state index in [1.165, 1.54) is 12.3 Å². The molecular formula is C19H20FNO4. The van der Waals surface area contributed by atoms with Gasteiger partial charge in [0.05, 0.1) is 18.2 Å². The molecule has 25 heavy (non-hydrogen) atoms. The quantitative estimate of drug-likeness (QED) is 0.817. The van der Waals surface area contributed by atoms with Gasteiger partial charge in [-0.2, -0.15) is 0 Å². The molecule has 1 fully saturated rings. The van der Waals surface area contributed by atoms with Crippen molar-refractivity contribution in [2.24, 2.45) is 0 Å². The molecule has 0 aliphatic heterocycles. The van der Waals surface area contributed by atoms with E-state index in [-0.39, 0.29) is 6.54 Å². The molecule has 1 N–H and O–H groups in total. The second-order valence-corrected chi connectivity index (χ2v) is 6.20. The van der Waals surface area contributed by atoms with Gasteiger partial charge in [-0.3, -0.25) is 9.59 Å². The van der Waals surface area contributed by atoms with E-state index in [1.54, 1.807) is 30.3 Å². The number of benzene rings is 1. The fourth-order valence-electron chi connectivity index (χ4n) is 3.33. The summed E-state index contributed by atoms with van der Waals surface area (Å²) in [5, 5.41) is 2.61. The van der Waals surface area contributed by atoms with E-state index in [9.17, 15) is 14.0 Å². The Balaban J connectivity index is 1.62. The Bertz CT molecular complexity index is 736. The third-order valence-electron chi connectivity index (χ3n) is 4.61. The molecule has 0 atom stereocenters. The lowest BCUT2D eigenvalue weighted by molar-refractivity contribution is -0.154. The number of hydrogen-bond donors (Lipinski definition) is 1. The highest BCUT2D eigenvalue weighted by Crippen LogP contribution is 2.43. The lowest BCUT2D eigenvalue weighted by Gasteiger charge is -2.27. The molecule has 1 aliphatic rings. The maximum atomic E-state index is 14.2. The van der Waals surface area contributed by atoms with Crippen molar-refractivity contribution in [1.82, 2.24) is 5.32 Å². The number of ether oxygens (including phenoxy) is 1. The molecule has 1 amide bonds. The minimum Gasteiger partial charge on any atom is -0.467 e. The van der Waals surface area contributed by atoms with Crippen LogP contribution in [0.5, 0.6) is 0 Å². The van der Waals surface area contributed by atoms with E-state index in [2.05, 4.69) is 5.32 Å². The first-order valence-corrected chi connectivity index (χ1v) is 8.33. The number of hydrogen-bond acceptors (Lipinski definition) is 4. The molecule has 1 aliphatic carbocycles. The summed E-state index contributed by atoms with van der Waals surface area (Å²) in [4.78, 5) is 24.5. The van der Waals surface area contributed by atoms with Crippen LogP contribution < -0.4 is 5.32 Å². The molecule has 1 heterocycles. The van der Waals surface area contributed by atoms with Gasteiger partial charge in [0.25, 0.3) is 5.91 Å². The van der Waals surface area contributed by atoms with Crippen LogP contribution in [0.2, 0.25) is 0 Å². The Morgan fingerprint density at radius 3 is 2.60 bits per heavy atom. The predicted octanol–water partition coefficient (Wildman–Crippen LogP) is 3.09. The van der Waals surface area contributed by atoms with Crippen molar-refractivity contribution in [1.29, 1.82) is 0 Å². The summed E-state index contributed by atoms with van der Waals surface area (Å²) in [5.74, 6) is -0.767. The van der Waals surface area contributed by atoms with E-state index < -0.39 is 29.7 Å². The van der Waals surface area contributed by atoms with Crippen LogP contribution in [0.25, 0.3) is 0 Å². The summed E-state index contributed by atoms with van der Waals surface area (Å²) in [7, 11) is 0. The van der Waals surface area contributed by atoms with Gasteiger partial charge in [-0.15, -0.1) is 0 Å². The van der Waals surface area contributed by atoms with Crippen LogP contribution in [0.4, 0.5) is 4.39 Å². The van der Waals surface area contributed by atoms with Gasteiger partial charge in [0, 0.05) is 5.56 Å². The summed E-state index contributed by atoms with van der Waals surface area (Å²) in [6.07, 6.45) is 4.23. The van der Waals surface area contributed by atoms with E-state index >= 15 is 0 Å². The SMILES string of the molecule is O=C(COC(=O)C1(c2ccccc2F)CCCC1)NCc1ccco1. The van der Waals surface area contributed by atoms with Gasteiger partial charge in [-0.05, 0) is 31.0 Å².